The van der Waals surface area contributed by atoms with Gasteiger partial charge in [0.1, 0.15) is 22.6 Å². The van der Waals surface area contributed by atoms with Gasteiger partial charge in [-0.05, 0) is 80.0 Å². The SMILES string of the molecule is CC(C)(C)c1cccc2c1-c1nc-2nc2[nH]c(nc3nc(nc4[nH]c(n1)c1cccc(C(C)(C)C)c41)-c1ccc(-c4ccc(C(=O)O)cc4)c(-c4ccc(C(=O)O)cc4)c1-3)c1cccc(C(C)(C)C)c21.[Zn]. The third kappa shape index (κ3) is 7.89. The molecule has 11 rings (SSSR count). The Hall–Kier alpha value is -7.76. The molecular weight excluding hydrogens is 938 g/mol. The fourth-order valence-electron chi connectivity index (χ4n) is 10.0. The zero-order valence-electron chi connectivity index (χ0n) is 41.1. The molecule has 2 aliphatic heterocycles. The summed E-state index contributed by atoms with van der Waals surface area (Å²) in [6, 6.07) is 36.1. The summed E-state index contributed by atoms with van der Waals surface area (Å²) in [5.41, 5.74) is 11.0. The predicted octanol–water partition coefficient (Wildman–Crippen LogP) is 13.5. The van der Waals surface area contributed by atoms with Crippen LogP contribution in [0, 0.1) is 0 Å². The maximum absolute atomic E-state index is 12.2. The van der Waals surface area contributed by atoms with Crippen LogP contribution in [0.2, 0.25) is 0 Å². The van der Waals surface area contributed by atoms with E-state index in [-0.39, 0.29) is 46.8 Å². The van der Waals surface area contributed by atoms with Crippen LogP contribution in [0.5, 0.6) is 0 Å². The van der Waals surface area contributed by atoms with Crippen LogP contribution in [0.4, 0.5) is 0 Å². The molecule has 0 radical (unpaired) electrons. The fourth-order valence-corrected chi connectivity index (χ4v) is 10.0. The van der Waals surface area contributed by atoms with Gasteiger partial charge in [-0.15, -0.1) is 0 Å². The van der Waals surface area contributed by atoms with Crippen LogP contribution in [-0.2, 0) is 35.7 Å². The van der Waals surface area contributed by atoms with Crippen molar-refractivity contribution in [1.29, 1.82) is 0 Å². The van der Waals surface area contributed by atoms with E-state index in [9.17, 15) is 19.8 Å². The van der Waals surface area contributed by atoms with E-state index in [1.165, 1.54) is 0 Å². The smallest absolute Gasteiger partial charge is 0.335 e. The molecule has 0 amide bonds. The number of hydrogen-bond acceptors (Lipinski definition) is 8. The van der Waals surface area contributed by atoms with E-state index in [0.29, 0.717) is 62.6 Å². The molecule has 8 bridgehead atoms. The Labute approximate surface area is 422 Å². The van der Waals surface area contributed by atoms with Crippen LogP contribution >= 0.6 is 0 Å². The third-order valence-corrected chi connectivity index (χ3v) is 13.4. The van der Waals surface area contributed by atoms with Crippen LogP contribution in [0.15, 0.2) is 115 Å². The third-order valence-electron chi connectivity index (χ3n) is 13.4. The van der Waals surface area contributed by atoms with E-state index in [1.807, 2.05) is 24.3 Å². The van der Waals surface area contributed by atoms with Gasteiger partial charge in [-0.1, -0.05) is 147 Å². The van der Waals surface area contributed by atoms with Gasteiger partial charge < -0.3 is 20.2 Å². The molecule has 12 nitrogen and oxygen atoms in total. The summed E-state index contributed by atoms with van der Waals surface area (Å²) < 4.78 is 0. The Morgan fingerprint density at radius 2 is 0.789 bits per heavy atom. The van der Waals surface area contributed by atoms with Crippen molar-refractivity contribution in [3.8, 4) is 67.8 Å². The number of nitrogens with one attached hydrogen (secondary N) is 2. The second-order valence-corrected chi connectivity index (χ2v) is 21.2. The standard InChI is InChI=1S/C58H50N8O4.Zn/c1-56(2,3)38-16-10-13-34-42(38)50-59-46(34)61-51-44-36(15-12-18-40(44)58(7,8)9)48(63-51)65-53-45-37(49(66-53)64-52-43-35(47(60-50)62-52)14-11-17-39(43)57(4,5)6)28-27-33(29-19-23-31(24-20-29)54(67)68)41(45)30-21-25-32(26-22-30)55(69)70;/h10-28H,1-9H3,(H,67,68)(H,69,70)(H2,59,60,61,62,63,64,65,66);. The molecule has 13 heteroatoms. The van der Waals surface area contributed by atoms with Crippen molar-refractivity contribution in [3.05, 3.63) is 143 Å². The van der Waals surface area contributed by atoms with Gasteiger partial charge in [-0.25, -0.2) is 39.5 Å². The number of nitrogens with zero attached hydrogens (tertiary/aromatic N) is 6. The largest absolute Gasteiger partial charge is 0.478 e. The van der Waals surface area contributed by atoms with Crippen molar-refractivity contribution in [2.75, 3.05) is 0 Å². The van der Waals surface area contributed by atoms with Gasteiger partial charge >= 0.3 is 11.9 Å². The van der Waals surface area contributed by atoms with E-state index in [0.717, 1.165) is 66.1 Å². The summed E-state index contributed by atoms with van der Waals surface area (Å²) in [6.45, 7) is 19.7. The number of carboxylic acid groups (broad SMARTS) is 2. The monoisotopic (exact) mass is 986 g/mol. The van der Waals surface area contributed by atoms with E-state index in [2.05, 4.69) is 115 Å². The topological polar surface area (TPSA) is 184 Å². The quantitative estimate of drug-likeness (QED) is 0.124. The molecule has 0 saturated carbocycles. The van der Waals surface area contributed by atoms with Crippen LogP contribution in [-0.4, -0.2) is 62.0 Å². The minimum absolute atomic E-state index is 0. The molecule has 71 heavy (non-hydrogen) atoms. The van der Waals surface area contributed by atoms with Gasteiger partial charge in [-0.3, -0.25) is 0 Å². The Morgan fingerprint density at radius 3 is 1.25 bits per heavy atom. The normalized spacial score (nSPS) is 12.4. The molecule has 4 N–H and O–H groups in total. The van der Waals surface area contributed by atoms with E-state index < -0.39 is 11.9 Å². The first-order valence-electron chi connectivity index (χ1n) is 23.3. The van der Waals surface area contributed by atoms with Crippen LogP contribution in [0.3, 0.4) is 0 Å². The second kappa shape index (κ2) is 16.7. The maximum Gasteiger partial charge on any atom is 0.335 e. The Balaban J connectivity index is 0.00000582. The van der Waals surface area contributed by atoms with Crippen molar-refractivity contribution in [1.82, 2.24) is 39.9 Å². The van der Waals surface area contributed by atoms with Crippen LogP contribution in [0.1, 0.15) is 99.7 Å². The number of carbonyl (C=O) groups is 2. The first-order valence-corrected chi connectivity index (χ1v) is 23.3. The molecule has 2 aliphatic rings. The number of H-pyrrole nitrogens is 2. The molecule has 0 fully saturated rings. The molecule has 0 atom stereocenters. The van der Waals surface area contributed by atoms with Gasteiger partial charge in [0.2, 0.25) is 0 Å². The molecule has 5 heterocycles. The zero-order chi connectivity index (χ0) is 49.2. The summed E-state index contributed by atoms with van der Waals surface area (Å²) in [5, 5.41) is 23.3. The molecule has 9 aromatic rings. The van der Waals surface area contributed by atoms with Gasteiger partial charge in [0.25, 0.3) is 0 Å². The molecule has 0 spiro atoms. The summed E-state index contributed by atoms with van der Waals surface area (Å²) in [5.74, 6) is -0.251. The molecule has 6 aromatic carbocycles. The van der Waals surface area contributed by atoms with Crippen molar-refractivity contribution >= 4 is 56.1 Å². The summed E-state index contributed by atoms with van der Waals surface area (Å²) in [7, 11) is 0. The summed E-state index contributed by atoms with van der Waals surface area (Å²) >= 11 is 0. The van der Waals surface area contributed by atoms with Gasteiger partial charge in [0, 0.05) is 68.8 Å². The second-order valence-electron chi connectivity index (χ2n) is 21.2. The number of benzene rings is 6. The first kappa shape index (κ1) is 46.9. The van der Waals surface area contributed by atoms with Crippen LogP contribution < -0.4 is 0 Å². The number of aromatic amines is 2. The predicted molar refractivity (Wildman–Crippen MR) is 277 cm³/mol. The molecular formula is C58H50N8O4Zn. The van der Waals surface area contributed by atoms with Crippen LogP contribution in [0.25, 0.3) is 112 Å². The number of rotatable bonds is 4. The number of aromatic carboxylic acids is 2. The minimum atomic E-state index is -1.05. The number of aromatic nitrogens is 8. The van der Waals surface area contributed by atoms with Gasteiger partial charge in [0.15, 0.2) is 23.3 Å². The van der Waals surface area contributed by atoms with E-state index in [4.69, 9.17) is 29.9 Å². The number of fused-ring (bicyclic) bond motifs is 20. The van der Waals surface area contributed by atoms with E-state index in [1.54, 1.807) is 48.5 Å². The number of carboxylic acids is 2. The first-order chi connectivity index (χ1) is 33.2. The van der Waals surface area contributed by atoms with Gasteiger partial charge in [0.05, 0.1) is 11.1 Å². The van der Waals surface area contributed by atoms with Crippen molar-refractivity contribution in [3.63, 3.8) is 0 Å². The molecule has 348 valence electrons. The Morgan fingerprint density at radius 1 is 0.394 bits per heavy atom. The fraction of sp³-hybridized carbons (Fsp3) is 0.207. The zero-order valence-corrected chi connectivity index (χ0v) is 44.0. The molecule has 0 aliphatic carbocycles. The van der Waals surface area contributed by atoms with Crippen molar-refractivity contribution < 1.29 is 39.3 Å². The Bertz CT molecular complexity index is 3870. The van der Waals surface area contributed by atoms with Gasteiger partial charge in [-0.2, -0.15) is 0 Å². The molecule has 3 aromatic heterocycles. The average Bonchev–Trinajstić information content (AvgIpc) is 4.06. The van der Waals surface area contributed by atoms with Crippen molar-refractivity contribution in [2.45, 2.75) is 78.6 Å². The summed E-state index contributed by atoms with van der Waals surface area (Å²) in [4.78, 5) is 63.9. The average molecular weight is 988 g/mol. The van der Waals surface area contributed by atoms with E-state index >= 15 is 0 Å². The Kier molecular flexibility index (Phi) is 11.0. The molecule has 0 saturated heterocycles. The minimum Gasteiger partial charge on any atom is -0.478 e. The van der Waals surface area contributed by atoms with Crippen molar-refractivity contribution in [2.24, 2.45) is 0 Å². The maximum atomic E-state index is 12.2. The molecule has 0 unspecified atom stereocenters. The summed E-state index contributed by atoms with van der Waals surface area (Å²) in [6.07, 6.45) is 0. The number of hydrogen-bond donors (Lipinski definition) is 4.